The predicted octanol–water partition coefficient (Wildman–Crippen LogP) is 3.32. The average molecular weight is 230 g/mol. The van der Waals surface area contributed by atoms with E-state index in [1.54, 1.807) is 11.3 Å². The first-order valence-electron chi connectivity index (χ1n) is 5.66. The van der Waals surface area contributed by atoms with E-state index in [-0.39, 0.29) is 0 Å². The van der Waals surface area contributed by atoms with E-state index in [4.69, 9.17) is 0 Å². The van der Waals surface area contributed by atoms with E-state index >= 15 is 0 Å². The first-order chi connectivity index (χ1) is 7.84. The normalized spacial score (nSPS) is 16.1. The molecule has 2 aromatic rings. The highest BCUT2D eigenvalue weighted by atomic mass is 32.1. The lowest BCUT2D eigenvalue weighted by Crippen LogP contribution is -1.99. The zero-order valence-corrected chi connectivity index (χ0v) is 9.83. The summed E-state index contributed by atoms with van der Waals surface area (Å²) in [7, 11) is 0. The van der Waals surface area contributed by atoms with E-state index < -0.39 is 6.10 Å². The fourth-order valence-electron chi connectivity index (χ4n) is 2.38. The SMILES string of the molecule is OC(c1ccsc1)c1ccc2c(c1)CCC2. The van der Waals surface area contributed by atoms with Gasteiger partial charge in [-0.15, -0.1) is 0 Å². The van der Waals surface area contributed by atoms with Gasteiger partial charge in [0.1, 0.15) is 6.10 Å². The van der Waals surface area contributed by atoms with E-state index in [1.807, 2.05) is 16.8 Å². The molecule has 1 atom stereocenters. The number of fused-ring (bicyclic) bond motifs is 1. The quantitative estimate of drug-likeness (QED) is 0.839. The highest BCUT2D eigenvalue weighted by molar-refractivity contribution is 7.07. The second kappa shape index (κ2) is 4.04. The van der Waals surface area contributed by atoms with Crippen LogP contribution in [0, 0.1) is 0 Å². The molecule has 2 heteroatoms. The van der Waals surface area contributed by atoms with Gasteiger partial charge in [0.15, 0.2) is 0 Å². The van der Waals surface area contributed by atoms with Crippen molar-refractivity contribution in [3.63, 3.8) is 0 Å². The van der Waals surface area contributed by atoms with Crippen LogP contribution in [-0.4, -0.2) is 5.11 Å². The lowest BCUT2D eigenvalue weighted by Gasteiger charge is -2.11. The average Bonchev–Trinajstić information content (AvgIpc) is 2.98. The Bertz CT molecular complexity index is 487. The van der Waals surface area contributed by atoms with Crippen LogP contribution in [0.2, 0.25) is 0 Å². The second-order valence-electron chi connectivity index (χ2n) is 4.34. The molecule has 0 fully saturated rings. The van der Waals surface area contributed by atoms with Gasteiger partial charge in [-0.1, -0.05) is 18.2 Å². The molecule has 0 aliphatic heterocycles. The van der Waals surface area contributed by atoms with Crippen LogP contribution >= 0.6 is 11.3 Å². The van der Waals surface area contributed by atoms with Crippen molar-refractivity contribution in [2.45, 2.75) is 25.4 Å². The minimum atomic E-state index is -0.461. The summed E-state index contributed by atoms with van der Waals surface area (Å²) in [6.07, 6.45) is 3.16. The van der Waals surface area contributed by atoms with Gasteiger partial charge in [0.2, 0.25) is 0 Å². The Morgan fingerprint density at radius 2 is 1.94 bits per heavy atom. The molecule has 3 rings (SSSR count). The van der Waals surface area contributed by atoms with Crippen LogP contribution in [0.5, 0.6) is 0 Å². The molecule has 1 N–H and O–H groups in total. The molecule has 1 aromatic heterocycles. The zero-order valence-electron chi connectivity index (χ0n) is 9.02. The van der Waals surface area contributed by atoms with Crippen LogP contribution in [-0.2, 0) is 12.8 Å². The molecule has 1 nitrogen and oxygen atoms in total. The Kier molecular flexibility index (Phi) is 2.54. The molecule has 0 bridgehead atoms. The van der Waals surface area contributed by atoms with Crippen LogP contribution < -0.4 is 0 Å². The van der Waals surface area contributed by atoms with Gasteiger partial charge in [-0.2, -0.15) is 11.3 Å². The third-order valence-electron chi connectivity index (χ3n) is 3.30. The Hall–Kier alpha value is -1.12. The van der Waals surface area contributed by atoms with Gasteiger partial charge in [-0.05, 0) is 58.3 Å². The summed E-state index contributed by atoms with van der Waals surface area (Å²) in [4.78, 5) is 0. The molecular formula is C14H14OS. The molecule has 1 heterocycles. The molecule has 0 amide bonds. The summed E-state index contributed by atoms with van der Waals surface area (Å²) in [5.74, 6) is 0. The minimum absolute atomic E-state index is 0.461. The van der Waals surface area contributed by atoms with Crippen molar-refractivity contribution < 1.29 is 5.11 Å². The van der Waals surface area contributed by atoms with E-state index in [1.165, 1.54) is 30.4 Å². The van der Waals surface area contributed by atoms with Gasteiger partial charge in [0.05, 0.1) is 0 Å². The van der Waals surface area contributed by atoms with Crippen molar-refractivity contribution in [2.24, 2.45) is 0 Å². The molecule has 82 valence electrons. The second-order valence-corrected chi connectivity index (χ2v) is 5.12. The molecule has 0 radical (unpaired) electrons. The summed E-state index contributed by atoms with van der Waals surface area (Å²) in [5, 5.41) is 14.2. The van der Waals surface area contributed by atoms with Crippen LogP contribution in [0.25, 0.3) is 0 Å². The smallest absolute Gasteiger partial charge is 0.105 e. The van der Waals surface area contributed by atoms with Gasteiger partial charge in [-0.3, -0.25) is 0 Å². The van der Waals surface area contributed by atoms with Crippen molar-refractivity contribution in [3.05, 3.63) is 57.3 Å². The van der Waals surface area contributed by atoms with Gasteiger partial charge in [-0.25, -0.2) is 0 Å². The molecule has 16 heavy (non-hydrogen) atoms. The Balaban J connectivity index is 1.95. The largest absolute Gasteiger partial charge is 0.384 e. The molecule has 0 saturated carbocycles. The van der Waals surface area contributed by atoms with Gasteiger partial charge in [0, 0.05) is 0 Å². The highest BCUT2D eigenvalue weighted by Gasteiger charge is 2.15. The number of aryl methyl sites for hydroxylation is 2. The number of benzene rings is 1. The predicted molar refractivity (Wildman–Crippen MR) is 66.8 cm³/mol. The fourth-order valence-corrected chi connectivity index (χ4v) is 3.06. The maximum atomic E-state index is 10.2. The maximum Gasteiger partial charge on any atom is 0.105 e. The van der Waals surface area contributed by atoms with Crippen molar-refractivity contribution >= 4 is 11.3 Å². The third-order valence-corrected chi connectivity index (χ3v) is 4.00. The first kappa shape index (κ1) is 10.1. The molecule has 0 spiro atoms. The summed E-state index contributed by atoms with van der Waals surface area (Å²) in [6, 6.07) is 8.40. The van der Waals surface area contributed by atoms with Crippen molar-refractivity contribution in [1.82, 2.24) is 0 Å². The van der Waals surface area contributed by atoms with Crippen molar-refractivity contribution in [2.75, 3.05) is 0 Å². The zero-order chi connectivity index (χ0) is 11.0. The molecule has 1 aliphatic carbocycles. The number of aliphatic hydroxyl groups excluding tert-OH is 1. The molecule has 1 aromatic carbocycles. The summed E-state index contributed by atoms with van der Waals surface area (Å²) in [5.41, 5.74) is 4.91. The lowest BCUT2D eigenvalue weighted by atomic mass is 10.00. The highest BCUT2D eigenvalue weighted by Crippen LogP contribution is 2.29. The van der Waals surface area contributed by atoms with Gasteiger partial charge >= 0.3 is 0 Å². The topological polar surface area (TPSA) is 20.2 Å². The van der Waals surface area contributed by atoms with Gasteiger partial charge in [0.25, 0.3) is 0 Å². The van der Waals surface area contributed by atoms with Crippen LogP contribution in [0.3, 0.4) is 0 Å². The Labute approximate surface area is 99.4 Å². The lowest BCUT2D eigenvalue weighted by molar-refractivity contribution is 0.221. The van der Waals surface area contributed by atoms with E-state index in [0.29, 0.717) is 0 Å². The summed E-state index contributed by atoms with van der Waals surface area (Å²) >= 11 is 1.63. The van der Waals surface area contributed by atoms with Crippen LogP contribution in [0.4, 0.5) is 0 Å². The Morgan fingerprint density at radius 1 is 1.06 bits per heavy atom. The number of aliphatic hydroxyl groups is 1. The van der Waals surface area contributed by atoms with E-state index in [0.717, 1.165) is 11.1 Å². The first-order valence-corrected chi connectivity index (χ1v) is 6.61. The Morgan fingerprint density at radius 3 is 2.75 bits per heavy atom. The van der Waals surface area contributed by atoms with Crippen LogP contribution in [0.15, 0.2) is 35.0 Å². The van der Waals surface area contributed by atoms with E-state index in [9.17, 15) is 5.11 Å². The standard InChI is InChI=1S/C14H14OS/c15-14(13-6-7-16-9-13)12-5-4-10-2-1-3-11(10)8-12/h4-9,14-15H,1-3H2. The number of thiophene rings is 1. The monoisotopic (exact) mass is 230 g/mol. The molecule has 1 unspecified atom stereocenters. The van der Waals surface area contributed by atoms with Crippen molar-refractivity contribution in [1.29, 1.82) is 0 Å². The number of hydrogen-bond acceptors (Lipinski definition) is 2. The number of rotatable bonds is 2. The van der Waals surface area contributed by atoms with E-state index in [2.05, 4.69) is 18.2 Å². The van der Waals surface area contributed by atoms with Crippen molar-refractivity contribution in [3.8, 4) is 0 Å². The summed E-state index contributed by atoms with van der Waals surface area (Å²) < 4.78 is 0. The molecule has 1 aliphatic rings. The van der Waals surface area contributed by atoms with Gasteiger partial charge < -0.3 is 5.11 Å². The fraction of sp³-hybridized carbons (Fsp3) is 0.286. The molecule has 0 saturated heterocycles. The van der Waals surface area contributed by atoms with Crippen LogP contribution in [0.1, 0.15) is 34.8 Å². The maximum absolute atomic E-state index is 10.2. The number of hydrogen-bond donors (Lipinski definition) is 1. The third kappa shape index (κ3) is 1.68. The summed E-state index contributed by atoms with van der Waals surface area (Å²) in [6.45, 7) is 0. The molecular weight excluding hydrogens is 216 g/mol. The minimum Gasteiger partial charge on any atom is -0.384 e.